The van der Waals surface area contributed by atoms with Gasteiger partial charge in [-0.3, -0.25) is 0 Å². The predicted octanol–water partition coefficient (Wildman–Crippen LogP) is 2.17. The third-order valence-corrected chi connectivity index (χ3v) is 3.44. The molecular weight excluding hydrogens is 266 g/mol. The highest BCUT2D eigenvalue weighted by Gasteiger charge is 2.22. The second-order valence-corrected chi connectivity index (χ2v) is 6.36. The molecule has 6 heteroatoms. The Morgan fingerprint density at radius 2 is 1.76 bits per heavy atom. The highest BCUT2D eigenvalue weighted by molar-refractivity contribution is 5.57. The number of rotatable bonds is 4. The maximum Gasteiger partial charge on any atom is 0.149 e. The SMILES string of the molecule is CCNc1nc(C(C)(C)C)nc(NN2CCOCC2)c1C. The van der Waals surface area contributed by atoms with E-state index in [0.29, 0.717) is 0 Å². The van der Waals surface area contributed by atoms with Crippen LogP contribution in [0.2, 0.25) is 0 Å². The molecule has 2 N–H and O–H groups in total. The van der Waals surface area contributed by atoms with E-state index in [9.17, 15) is 0 Å². The van der Waals surface area contributed by atoms with Crippen LogP contribution >= 0.6 is 0 Å². The van der Waals surface area contributed by atoms with Crippen molar-refractivity contribution in [3.63, 3.8) is 0 Å². The first-order valence-corrected chi connectivity index (χ1v) is 7.64. The van der Waals surface area contributed by atoms with Gasteiger partial charge >= 0.3 is 0 Å². The van der Waals surface area contributed by atoms with Crippen LogP contribution in [-0.4, -0.2) is 47.8 Å². The summed E-state index contributed by atoms with van der Waals surface area (Å²) in [6.07, 6.45) is 0. The maximum atomic E-state index is 5.38. The van der Waals surface area contributed by atoms with E-state index in [1.165, 1.54) is 0 Å². The average molecular weight is 293 g/mol. The maximum absolute atomic E-state index is 5.38. The van der Waals surface area contributed by atoms with Crippen LogP contribution in [0, 0.1) is 6.92 Å². The lowest BCUT2D eigenvalue weighted by Crippen LogP contribution is -2.41. The molecule has 21 heavy (non-hydrogen) atoms. The third kappa shape index (κ3) is 4.04. The quantitative estimate of drug-likeness (QED) is 0.887. The van der Waals surface area contributed by atoms with Crippen LogP contribution in [0.1, 0.15) is 39.1 Å². The molecule has 1 aliphatic heterocycles. The number of anilines is 2. The highest BCUT2D eigenvalue weighted by Crippen LogP contribution is 2.26. The minimum atomic E-state index is -0.0840. The van der Waals surface area contributed by atoms with E-state index in [0.717, 1.165) is 55.9 Å². The molecule has 2 heterocycles. The summed E-state index contributed by atoms with van der Waals surface area (Å²) >= 11 is 0. The zero-order valence-electron chi connectivity index (χ0n) is 13.8. The normalized spacial score (nSPS) is 16.8. The molecule has 0 saturated carbocycles. The van der Waals surface area contributed by atoms with Gasteiger partial charge in [-0.15, -0.1) is 0 Å². The Balaban J connectivity index is 2.30. The molecule has 6 nitrogen and oxygen atoms in total. The number of hydrazine groups is 1. The van der Waals surface area contributed by atoms with Crippen molar-refractivity contribution in [3.05, 3.63) is 11.4 Å². The summed E-state index contributed by atoms with van der Waals surface area (Å²) in [7, 11) is 0. The molecular formula is C15H27N5O. The molecule has 0 spiro atoms. The van der Waals surface area contributed by atoms with Crippen molar-refractivity contribution < 1.29 is 4.74 Å². The van der Waals surface area contributed by atoms with Crippen LogP contribution in [0.15, 0.2) is 0 Å². The fourth-order valence-corrected chi connectivity index (χ4v) is 2.13. The van der Waals surface area contributed by atoms with Crippen molar-refractivity contribution in [2.45, 2.75) is 40.0 Å². The molecule has 1 aromatic heterocycles. The summed E-state index contributed by atoms with van der Waals surface area (Å²) in [4.78, 5) is 9.42. The molecule has 0 amide bonds. The van der Waals surface area contributed by atoms with Gasteiger partial charge < -0.3 is 15.5 Å². The number of hydrogen-bond acceptors (Lipinski definition) is 6. The number of nitrogens with one attached hydrogen (secondary N) is 2. The van der Waals surface area contributed by atoms with Gasteiger partial charge in [-0.05, 0) is 13.8 Å². The van der Waals surface area contributed by atoms with Crippen molar-refractivity contribution in [2.24, 2.45) is 0 Å². The van der Waals surface area contributed by atoms with Crippen LogP contribution in [0.5, 0.6) is 0 Å². The molecule has 0 aromatic carbocycles. The van der Waals surface area contributed by atoms with Crippen LogP contribution in [-0.2, 0) is 10.2 Å². The lowest BCUT2D eigenvalue weighted by Gasteiger charge is -2.29. The largest absolute Gasteiger partial charge is 0.379 e. The fourth-order valence-electron chi connectivity index (χ4n) is 2.13. The van der Waals surface area contributed by atoms with E-state index >= 15 is 0 Å². The van der Waals surface area contributed by atoms with Crippen molar-refractivity contribution in [1.82, 2.24) is 15.0 Å². The average Bonchev–Trinajstić information content (AvgIpc) is 2.43. The Kier molecular flexibility index (Phi) is 5.00. The summed E-state index contributed by atoms with van der Waals surface area (Å²) in [5.74, 6) is 2.64. The molecule has 0 unspecified atom stereocenters. The Morgan fingerprint density at radius 3 is 2.33 bits per heavy atom. The first-order valence-electron chi connectivity index (χ1n) is 7.64. The monoisotopic (exact) mass is 293 g/mol. The topological polar surface area (TPSA) is 62.3 Å². The summed E-state index contributed by atoms with van der Waals surface area (Å²) in [5.41, 5.74) is 4.39. The summed E-state index contributed by atoms with van der Waals surface area (Å²) < 4.78 is 5.38. The van der Waals surface area contributed by atoms with Crippen LogP contribution in [0.25, 0.3) is 0 Å². The number of aromatic nitrogens is 2. The Morgan fingerprint density at radius 1 is 1.14 bits per heavy atom. The summed E-state index contributed by atoms with van der Waals surface area (Å²) in [5, 5.41) is 5.49. The van der Waals surface area contributed by atoms with Gasteiger partial charge in [-0.1, -0.05) is 20.8 Å². The van der Waals surface area contributed by atoms with E-state index in [4.69, 9.17) is 9.72 Å². The molecule has 118 valence electrons. The van der Waals surface area contributed by atoms with E-state index in [1.807, 2.05) is 6.92 Å². The lowest BCUT2D eigenvalue weighted by molar-refractivity contribution is 0.0494. The van der Waals surface area contributed by atoms with Gasteiger partial charge in [0.1, 0.15) is 17.5 Å². The smallest absolute Gasteiger partial charge is 0.149 e. The molecule has 0 radical (unpaired) electrons. The van der Waals surface area contributed by atoms with Crippen LogP contribution < -0.4 is 10.7 Å². The lowest BCUT2D eigenvalue weighted by atomic mass is 9.95. The Bertz CT molecular complexity index is 478. The minimum Gasteiger partial charge on any atom is -0.379 e. The van der Waals surface area contributed by atoms with E-state index in [-0.39, 0.29) is 5.41 Å². The second kappa shape index (κ2) is 6.58. The molecule has 0 atom stereocenters. The number of hydrogen-bond donors (Lipinski definition) is 2. The van der Waals surface area contributed by atoms with Crippen molar-refractivity contribution >= 4 is 11.6 Å². The van der Waals surface area contributed by atoms with Gasteiger partial charge in [-0.25, -0.2) is 15.0 Å². The molecule has 2 rings (SSSR count). The second-order valence-electron chi connectivity index (χ2n) is 6.36. The molecule has 1 saturated heterocycles. The number of ether oxygens (including phenoxy) is 1. The van der Waals surface area contributed by atoms with Gasteiger partial charge in [-0.2, -0.15) is 0 Å². The zero-order chi connectivity index (χ0) is 15.5. The van der Waals surface area contributed by atoms with Crippen LogP contribution in [0.3, 0.4) is 0 Å². The zero-order valence-corrected chi connectivity index (χ0v) is 13.8. The van der Waals surface area contributed by atoms with Gasteiger partial charge in [0.25, 0.3) is 0 Å². The molecule has 1 aliphatic rings. The highest BCUT2D eigenvalue weighted by atomic mass is 16.5. The standard InChI is InChI=1S/C15H27N5O/c1-6-16-12-11(2)13(18-14(17-12)15(3,4)5)19-20-7-9-21-10-8-20/h6-10H2,1-5H3,(H2,16,17,18,19). The molecule has 0 aliphatic carbocycles. The van der Waals surface area contributed by atoms with Gasteiger partial charge in [0, 0.05) is 30.6 Å². The summed E-state index contributed by atoms with van der Waals surface area (Å²) in [6.45, 7) is 14.6. The number of nitrogens with zero attached hydrogens (tertiary/aromatic N) is 3. The molecule has 1 fully saturated rings. The van der Waals surface area contributed by atoms with E-state index in [2.05, 4.69) is 48.4 Å². The van der Waals surface area contributed by atoms with Crippen molar-refractivity contribution in [1.29, 1.82) is 0 Å². The van der Waals surface area contributed by atoms with Gasteiger partial charge in [0.2, 0.25) is 0 Å². The van der Waals surface area contributed by atoms with Crippen molar-refractivity contribution in [3.8, 4) is 0 Å². The van der Waals surface area contributed by atoms with Crippen molar-refractivity contribution in [2.75, 3.05) is 43.6 Å². The summed E-state index contributed by atoms with van der Waals surface area (Å²) in [6, 6.07) is 0. The minimum absolute atomic E-state index is 0.0840. The Hall–Kier alpha value is -1.40. The van der Waals surface area contributed by atoms with E-state index < -0.39 is 0 Å². The number of morpholine rings is 1. The van der Waals surface area contributed by atoms with Crippen LogP contribution in [0.4, 0.5) is 11.6 Å². The fraction of sp³-hybridized carbons (Fsp3) is 0.733. The first-order chi connectivity index (χ1) is 9.91. The van der Waals surface area contributed by atoms with Gasteiger partial charge in [0.05, 0.1) is 13.2 Å². The van der Waals surface area contributed by atoms with Gasteiger partial charge in [0.15, 0.2) is 0 Å². The first kappa shape index (κ1) is 16.0. The third-order valence-electron chi connectivity index (χ3n) is 3.44. The Labute approximate surface area is 127 Å². The van der Waals surface area contributed by atoms with E-state index in [1.54, 1.807) is 0 Å². The molecule has 1 aromatic rings. The predicted molar refractivity (Wildman–Crippen MR) is 85.6 cm³/mol. The molecule has 0 bridgehead atoms.